The van der Waals surface area contributed by atoms with E-state index >= 15 is 0 Å². The van der Waals surface area contributed by atoms with Crippen LogP contribution in [-0.4, -0.2) is 16.9 Å². The molecule has 3 aromatic rings. The van der Waals surface area contributed by atoms with Crippen molar-refractivity contribution in [2.45, 2.75) is 6.61 Å². The predicted octanol–water partition coefficient (Wildman–Crippen LogP) is 0.587. The molecular formula is C20H13Cl2LiN2O4. The van der Waals surface area contributed by atoms with E-state index < -0.39 is 11.9 Å². The van der Waals surface area contributed by atoms with E-state index in [1.165, 1.54) is 30.3 Å². The minimum Gasteiger partial charge on any atom is -0.545 e. The third-order valence-corrected chi connectivity index (χ3v) is 4.31. The molecule has 142 valence electrons. The van der Waals surface area contributed by atoms with Crippen LogP contribution in [0.15, 0.2) is 60.9 Å². The molecule has 0 fully saturated rings. The number of ether oxygens (including phenoxy) is 1. The van der Waals surface area contributed by atoms with Crippen molar-refractivity contribution < 1.29 is 38.3 Å². The molecule has 0 aliphatic heterocycles. The number of hydrogen-bond donors (Lipinski definition) is 1. The van der Waals surface area contributed by atoms with Crippen LogP contribution in [0.5, 0.6) is 5.75 Å². The Morgan fingerprint density at radius 2 is 1.86 bits per heavy atom. The van der Waals surface area contributed by atoms with Crippen molar-refractivity contribution in [1.29, 1.82) is 0 Å². The number of nitrogens with zero attached hydrogens (tertiary/aromatic N) is 1. The summed E-state index contributed by atoms with van der Waals surface area (Å²) in [7, 11) is 0. The molecule has 6 nitrogen and oxygen atoms in total. The van der Waals surface area contributed by atoms with E-state index in [2.05, 4.69) is 10.3 Å². The summed E-state index contributed by atoms with van der Waals surface area (Å²) >= 11 is 11.8. The quantitative estimate of drug-likeness (QED) is 0.587. The van der Waals surface area contributed by atoms with Gasteiger partial charge in [-0.1, -0.05) is 29.3 Å². The van der Waals surface area contributed by atoms with Crippen molar-refractivity contribution in [3.63, 3.8) is 0 Å². The van der Waals surface area contributed by atoms with Crippen molar-refractivity contribution in [3.8, 4) is 5.75 Å². The van der Waals surface area contributed by atoms with Crippen LogP contribution < -0.4 is 34.0 Å². The second-order valence-electron chi connectivity index (χ2n) is 5.72. The fraction of sp³-hybridized carbons (Fsp3) is 0.0500. The van der Waals surface area contributed by atoms with Crippen LogP contribution in [0.2, 0.25) is 10.0 Å². The maximum Gasteiger partial charge on any atom is 1.00 e. The Kier molecular flexibility index (Phi) is 8.12. The Morgan fingerprint density at radius 3 is 2.52 bits per heavy atom. The molecule has 0 atom stereocenters. The Morgan fingerprint density at radius 1 is 1.07 bits per heavy atom. The molecule has 0 bridgehead atoms. The number of aromatic nitrogens is 1. The first-order chi connectivity index (χ1) is 13.4. The normalized spacial score (nSPS) is 10.0. The molecule has 29 heavy (non-hydrogen) atoms. The van der Waals surface area contributed by atoms with Gasteiger partial charge in [-0.2, -0.15) is 0 Å². The molecule has 1 N–H and O–H groups in total. The smallest absolute Gasteiger partial charge is 0.545 e. The number of rotatable bonds is 6. The predicted molar refractivity (Wildman–Crippen MR) is 104 cm³/mol. The zero-order valence-electron chi connectivity index (χ0n) is 15.3. The second kappa shape index (κ2) is 10.3. The Bertz CT molecular complexity index is 1030. The van der Waals surface area contributed by atoms with Crippen molar-refractivity contribution in [1.82, 2.24) is 4.98 Å². The number of amides is 1. The summed E-state index contributed by atoms with van der Waals surface area (Å²) in [4.78, 5) is 27.9. The molecule has 0 radical (unpaired) electrons. The van der Waals surface area contributed by atoms with Gasteiger partial charge in [-0.25, -0.2) is 0 Å². The van der Waals surface area contributed by atoms with E-state index in [1.54, 1.807) is 24.5 Å². The molecule has 1 amide bonds. The van der Waals surface area contributed by atoms with Crippen LogP contribution in [0, 0.1) is 0 Å². The fourth-order valence-electron chi connectivity index (χ4n) is 2.40. The van der Waals surface area contributed by atoms with Crippen LogP contribution in [0.1, 0.15) is 26.3 Å². The summed E-state index contributed by atoms with van der Waals surface area (Å²) in [6, 6.07) is 12.2. The number of anilines is 1. The van der Waals surface area contributed by atoms with Gasteiger partial charge in [0.2, 0.25) is 0 Å². The number of carboxylic acids is 1. The summed E-state index contributed by atoms with van der Waals surface area (Å²) in [5.74, 6) is -1.72. The van der Waals surface area contributed by atoms with E-state index in [-0.39, 0.29) is 47.3 Å². The number of benzene rings is 2. The largest absolute Gasteiger partial charge is 1.00 e. The molecule has 1 aromatic heterocycles. The maximum atomic E-state index is 12.4. The van der Waals surface area contributed by atoms with E-state index in [0.717, 1.165) is 5.56 Å². The Hall–Kier alpha value is -2.49. The summed E-state index contributed by atoms with van der Waals surface area (Å²) in [5.41, 5.74) is 0.825. The van der Waals surface area contributed by atoms with Crippen LogP contribution in [0.3, 0.4) is 0 Å². The third kappa shape index (κ3) is 5.99. The summed E-state index contributed by atoms with van der Waals surface area (Å²) < 4.78 is 5.58. The number of hydrogen-bond acceptors (Lipinski definition) is 5. The van der Waals surface area contributed by atoms with E-state index in [1.807, 2.05) is 6.07 Å². The number of carboxylic acid groups (broad SMARTS) is 1. The molecule has 0 aliphatic rings. The molecule has 1 heterocycles. The van der Waals surface area contributed by atoms with Crippen molar-refractivity contribution in [2.75, 3.05) is 5.32 Å². The standard InChI is InChI=1S/C20H14Cl2N2O4.Li/c21-13-3-5-15(17(22)8-13)19(25)24-18-6-4-14(9-16(18)20(26)27)28-11-12-2-1-7-23-10-12;/h1-10H,11H2,(H,24,25)(H,26,27);/q;+1/p-1. The zero-order chi connectivity index (χ0) is 20.1. The second-order valence-corrected chi connectivity index (χ2v) is 6.57. The first-order valence-corrected chi connectivity index (χ1v) is 8.83. The van der Waals surface area contributed by atoms with E-state index in [9.17, 15) is 14.7 Å². The summed E-state index contributed by atoms with van der Waals surface area (Å²) in [5, 5.41) is 14.6. The van der Waals surface area contributed by atoms with Crippen LogP contribution in [0.4, 0.5) is 5.69 Å². The Balaban J connectivity index is 0.00000300. The number of aromatic carboxylic acids is 1. The maximum absolute atomic E-state index is 12.4. The van der Waals surface area contributed by atoms with Gasteiger partial charge in [0.1, 0.15) is 12.4 Å². The number of pyridine rings is 1. The topological polar surface area (TPSA) is 91.3 Å². The van der Waals surface area contributed by atoms with Gasteiger partial charge < -0.3 is 20.0 Å². The van der Waals surface area contributed by atoms with Gasteiger partial charge in [0, 0.05) is 28.5 Å². The zero-order valence-corrected chi connectivity index (χ0v) is 16.8. The van der Waals surface area contributed by atoms with Crippen molar-refractivity contribution in [2.24, 2.45) is 0 Å². The minimum atomic E-state index is -1.45. The first kappa shape index (κ1) is 22.8. The van der Waals surface area contributed by atoms with Gasteiger partial charge >= 0.3 is 18.9 Å². The molecule has 9 heteroatoms. The molecule has 0 aliphatic carbocycles. The first-order valence-electron chi connectivity index (χ1n) is 8.07. The van der Waals surface area contributed by atoms with Gasteiger partial charge in [-0.05, 0) is 42.5 Å². The minimum absolute atomic E-state index is 0. The van der Waals surface area contributed by atoms with Crippen LogP contribution in [-0.2, 0) is 6.61 Å². The molecular weight excluding hydrogens is 410 g/mol. The molecule has 0 saturated carbocycles. The third-order valence-electron chi connectivity index (χ3n) is 3.76. The van der Waals surface area contributed by atoms with Gasteiger partial charge in [0.25, 0.3) is 5.91 Å². The van der Waals surface area contributed by atoms with Gasteiger partial charge in [0.15, 0.2) is 0 Å². The number of carbonyl (C=O) groups excluding carboxylic acids is 2. The number of carbonyl (C=O) groups is 2. The number of nitrogens with one attached hydrogen (secondary N) is 1. The molecule has 0 unspecified atom stereocenters. The van der Waals surface area contributed by atoms with Gasteiger partial charge in [-0.3, -0.25) is 9.78 Å². The van der Waals surface area contributed by atoms with Crippen LogP contribution in [0.25, 0.3) is 0 Å². The SMILES string of the molecule is O=C(Nc1ccc(OCc2cccnc2)cc1C(=O)[O-])c1ccc(Cl)cc1Cl.[Li+]. The summed E-state index contributed by atoms with van der Waals surface area (Å²) in [6.07, 6.45) is 3.28. The average molecular weight is 423 g/mol. The van der Waals surface area contributed by atoms with Crippen molar-refractivity contribution in [3.05, 3.63) is 87.7 Å². The number of halogens is 2. The summed E-state index contributed by atoms with van der Waals surface area (Å²) in [6.45, 7) is 0.215. The fourth-order valence-corrected chi connectivity index (χ4v) is 2.90. The van der Waals surface area contributed by atoms with Gasteiger partial charge in [-0.15, -0.1) is 0 Å². The monoisotopic (exact) mass is 422 g/mol. The van der Waals surface area contributed by atoms with E-state index in [4.69, 9.17) is 27.9 Å². The van der Waals surface area contributed by atoms with Crippen molar-refractivity contribution >= 4 is 40.8 Å². The van der Waals surface area contributed by atoms with E-state index in [0.29, 0.717) is 10.8 Å². The molecule has 0 saturated heterocycles. The molecule has 3 rings (SSSR count). The Labute approximate surface area is 189 Å². The molecule has 2 aromatic carbocycles. The average Bonchev–Trinajstić information content (AvgIpc) is 2.67. The van der Waals surface area contributed by atoms with Gasteiger partial charge in [0.05, 0.1) is 22.2 Å². The molecule has 0 spiro atoms. The van der Waals surface area contributed by atoms with Crippen LogP contribution >= 0.6 is 23.2 Å².